The Labute approximate surface area is 131 Å². The summed E-state index contributed by atoms with van der Waals surface area (Å²) in [6.07, 6.45) is 0.406. The molecule has 5 nitrogen and oxygen atoms in total. The zero-order valence-corrected chi connectivity index (χ0v) is 12.3. The van der Waals surface area contributed by atoms with E-state index in [2.05, 4.69) is 0 Å². The van der Waals surface area contributed by atoms with Crippen molar-refractivity contribution in [2.45, 2.75) is 12.5 Å². The third kappa shape index (κ3) is 2.49. The number of nitrogens with zero attached hydrogens (tertiary/aromatic N) is 1. The molecule has 112 valence electrons. The number of benzene rings is 2. The number of hydrogen-bond donors (Lipinski definition) is 1. The summed E-state index contributed by atoms with van der Waals surface area (Å²) in [6, 6.07) is 10.8. The van der Waals surface area contributed by atoms with Crippen LogP contribution in [-0.4, -0.2) is 10.7 Å². The number of nitro groups is 1. The largest absolute Gasteiger partial charge is 0.323 e. The first kappa shape index (κ1) is 14.7. The quantitative estimate of drug-likeness (QED) is 0.534. The molecule has 0 saturated carbocycles. The normalized spacial score (nSPS) is 19.7. The lowest BCUT2D eigenvalue weighted by atomic mass is 9.92. The average molecular weight is 317 g/mol. The Morgan fingerprint density at radius 3 is 2.73 bits per heavy atom. The van der Waals surface area contributed by atoms with Crippen LogP contribution in [0.15, 0.2) is 42.5 Å². The highest BCUT2D eigenvalue weighted by Gasteiger charge is 2.36. The molecule has 2 aromatic rings. The van der Waals surface area contributed by atoms with E-state index in [1.165, 1.54) is 12.1 Å². The minimum absolute atomic E-state index is 0.0156. The molecule has 0 aromatic heterocycles. The second kappa shape index (κ2) is 5.51. The van der Waals surface area contributed by atoms with Gasteiger partial charge in [0.1, 0.15) is 0 Å². The van der Waals surface area contributed by atoms with Gasteiger partial charge in [-0.1, -0.05) is 29.8 Å². The monoisotopic (exact) mass is 316 g/mol. The molecule has 2 N–H and O–H groups in total. The molecule has 0 bridgehead atoms. The van der Waals surface area contributed by atoms with Gasteiger partial charge in [0.15, 0.2) is 5.78 Å². The Balaban J connectivity index is 1.91. The van der Waals surface area contributed by atoms with Crippen molar-refractivity contribution >= 4 is 23.1 Å². The van der Waals surface area contributed by atoms with E-state index in [1.807, 2.05) is 0 Å². The zero-order chi connectivity index (χ0) is 15.9. The van der Waals surface area contributed by atoms with Gasteiger partial charge in [0.05, 0.1) is 4.92 Å². The second-order valence-electron chi connectivity index (χ2n) is 5.35. The lowest BCUT2D eigenvalue weighted by molar-refractivity contribution is -0.384. The van der Waals surface area contributed by atoms with Crippen molar-refractivity contribution in [3.63, 3.8) is 0 Å². The van der Waals surface area contributed by atoms with Crippen LogP contribution in [-0.2, 0) is 6.42 Å². The van der Waals surface area contributed by atoms with Crippen molar-refractivity contribution in [3.05, 3.63) is 74.3 Å². The van der Waals surface area contributed by atoms with Crippen LogP contribution in [0.5, 0.6) is 0 Å². The number of non-ortho nitro benzene ring substituents is 1. The molecule has 0 aliphatic heterocycles. The lowest BCUT2D eigenvalue weighted by Gasteiger charge is -2.15. The fraction of sp³-hybridized carbons (Fsp3) is 0.188. The number of Topliss-reactive ketones (excluding diaryl/α,β-unsaturated/α-hetero) is 1. The van der Waals surface area contributed by atoms with Gasteiger partial charge >= 0.3 is 0 Å². The Hall–Kier alpha value is -2.24. The maximum atomic E-state index is 12.6. The minimum Gasteiger partial charge on any atom is -0.323 e. The maximum Gasteiger partial charge on any atom is 0.269 e. The first-order valence-corrected chi connectivity index (χ1v) is 7.18. The topological polar surface area (TPSA) is 86.2 Å². The summed E-state index contributed by atoms with van der Waals surface area (Å²) >= 11 is 5.92. The molecule has 1 aliphatic rings. The van der Waals surface area contributed by atoms with E-state index in [0.717, 1.165) is 11.1 Å². The highest BCUT2D eigenvalue weighted by atomic mass is 35.5. The molecule has 1 aliphatic carbocycles. The molecule has 2 aromatic carbocycles. The maximum absolute atomic E-state index is 12.6. The van der Waals surface area contributed by atoms with Crippen molar-refractivity contribution in [1.82, 2.24) is 0 Å². The van der Waals surface area contributed by atoms with Gasteiger partial charge in [-0.2, -0.15) is 0 Å². The number of fused-ring (bicyclic) bond motifs is 1. The summed E-state index contributed by atoms with van der Waals surface area (Å²) in [5.74, 6) is -0.510. The molecule has 0 spiro atoms. The van der Waals surface area contributed by atoms with Crippen LogP contribution in [0.25, 0.3) is 0 Å². The zero-order valence-electron chi connectivity index (χ0n) is 11.5. The van der Waals surface area contributed by atoms with E-state index >= 15 is 0 Å². The fourth-order valence-corrected chi connectivity index (χ4v) is 3.09. The fourth-order valence-electron chi connectivity index (χ4n) is 2.90. The van der Waals surface area contributed by atoms with Gasteiger partial charge in [-0.05, 0) is 29.7 Å². The van der Waals surface area contributed by atoms with E-state index in [-0.39, 0.29) is 11.5 Å². The van der Waals surface area contributed by atoms with E-state index in [0.29, 0.717) is 17.0 Å². The van der Waals surface area contributed by atoms with Gasteiger partial charge in [-0.25, -0.2) is 0 Å². The molecule has 0 radical (unpaired) electrons. The van der Waals surface area contributed by atoms with E-state index < -0.39 is 16.9 Å². The van der Waals surface area contributed by atoms with Gasteiger partial charge in [-0.15, -0.1) is 0 Å². The van der Waals surface area contributed by atoms with Crippen LogP contribution in [0.4, 0.5) is 5.69 Å². The average Bonchev–Trinajstić information content (AvgIpc) is 2.83. The molecule has 0 saturated heterocycles. The first-order valence-electron chi connectivity index (χ1n) is 6.80. The summed E-state index contributed by atoms with van der Waals surface area (Å²) < 4.78 is 0. The molecular formula is C16H13ClN2O3. The third-order valence-electron chi connectivity index (χ3n) is 4.02. The van der Waals surface area contributed by atoms with Crippen LogP contribution in [0.3, 0.4) is 0 Å². The van der Waals surface area contributed by atoms with Gasteiger partial charge in [0, 0.05) is 34.7 Å². The predicted octanol–water partition coefficient (Wildman–Crippen LogP) is 3.30. The number of ketones is 1. The van der Waals surface area contributed by atoms with E-state index in [4.69, 9.17) is 17.3 Å². The number of carbonyl (C=O) groups excluding carboxylic acids is 1. The Morgan fingerprint density at radius 2 is 2.05 bits per heavy atom. The molecule has 2 unspecified atom stereocenters. The molecule has 3 rings (SSSR count). The molecule has 6 heteroatoms. The number of nitrogens with two attached hydrogens (primary N) is 1. The first-order chi connectivity index (χ1) is 10.5. The summed E-state index contributed by atoms with van der Waals surface area (Å²) in [7, 11) is 0. The van der Waals surface area contributed by atoms with E-state index in [1.54, 1.807) is 30.3 Å². The van der Waals surface area contributed by atoms with Gasteiger partial charge < -0.3 is 5.73 Å². The Morgan fingerprint density at radius 1 is 1.27 bits per heavy atom. The Kier molecular flexibility index (Phi) is 3.68. The van der Waals surface area contributed by atoms with Crippen molar-refractivity contribution in [1.29, 1.82) is 0 Å². The molecule has 22 heavy (non-hydrogen) atoms. The lowest BCUT2D eigenvalue weighted by Crippen LogP contribution is -2.25. The van der Waals surface area contributed by atoms with E-state index in [9.17, 15) is 14.9 Å². The summed E-state index contributed by atoms with van der Waals surface area (Å²) in [5, 5.41) is 11.3. The number of rotatable bonds is 3. The predicted molar refractivity (Wildman–Crippen MR) is 83.0 cm³/mol. The Bertz CT molecular complexity index is 776. The van der Waals surface area contributed by atoms with Crippen molar-refractivity contribution in [3.8, 4) is 0 Å². The number of hydrogen-bond acceptors (Lipinski definition) is 4. The molecular weight excluding hydrogens is 304 g/mol. The van der Waals surface area contributed by atoms with Crippen LogP contribution in [0.2, 0.25) is 5.02 Å². The SMILES string of the molecule is NC1c2ccc([N+](=O)[O-])cc2CC1C(=O)c1cccc(Cl)c1. The molecule has 0 fully saturated rings. The van der Waals surface area contributed by atoms with Crippen molar-refractivity contribution < 1.29 is 9.72 Å². The van der Waals surface area contributed by atoms with Crippen molar-refractivity contribution in [2.24, 2.45) is 11.7 Å². The summed E-state index contributed by atoms with van der Waals surface area (Å²) in [5.41, 5.74) is 8.26. The number of halogens is 1. The second-order valence-corrected chi connectivity index (χ2v) is 5.79. The van der Waals surface area contributed by atoms with Crippen LogP contribution in [0.1, 0.15) is 27.5 Å². The van der Waals surface area contributed by atoms with Crippen LogP contribution < -0.4 is 5.73 Å². The smallest absolute Gasteiger partial charge is 0.269 e. The minimum atomic E-state index is -0.456. The third-order valence-corrected chi connectivity index (χ3v) is 4.25. The molecule has 2 atom stereocenters. The summed E-state index contributed by atoms with van der Waals surface area (Å²) in [4.78, 5) is 23.0. The van der Waals surface area contributed by atoms with Crippen molar-refractivity contribution in [2.75, 3.05) is 0 Å². The highest BCUT2D eigenvalue weighted by molar-refractivity contribution is 6.31. The summed E-state index contributed by atoms with van der Waals surface area (Å²) in [6.45, 7) is 0. The number of nitro benzene ring substituents is 1. The van der Waals surface area contributed by atoms with Crippen LogP contribution in [0, 0.1) is 16.0 Å². The molecule has 0 amide bonds. The number of carbonyl (C=O) groups is 1. The standard InChI is InChI=1S/C16H13ClN2O3/c17-11-3-1-2-9(6-11)16(20)14-8-10-7-12(19(21)22)4-5-13(10)15(14)18/h1-7,14-15H,8,18H2. The van der Waals surface area contributed by atoms with Gasteiger partial charge in [0.25, 0.3) is 5.69 Å². The van der Waals surface area contributed by atoms with Gasteiger partial charge in [0.2, 0.25) is 0 Å². The highest BCUT2D eigenvalue weighted by Crippen LogP contribution is 2.38. The van der Waals surface area contributed by atoms with Crippen LogP contribution >= 0.6 is 11.6 Å². The molecule has 0 heterocycles. The van der Waals surface area contributed by atoms with Gasteiger partial charge in [-0.3, -0.25) is 14.9 Å².